The lowest BCUT2D eigenvalue weighted by molar-refractivity contribution is -0.142. The number of ether oxygens (including phenoxy) is 1. The molecule has 3 rings (SSSR count). The van der Waals surface area contributed by atoms with Gasteiger partial charge in [0.1, 0.15) is 5.75 Å². The van der Waals surface area contributed by atoms with Crippen LogP contribution in [0.5, 0.6) is 5.75 Å². The standard InChI is InChI=1S/C15H18BrNO3/c1-20-14-5-2-10(16)6-9(14)8-17-11-3-4-13(17)12(7-11)15(18)19/h2,5-6,11-13H,3-4,7-8H2,1H3,(H,18,19). The molecule has 108 valence electrons. The zero-order valence-electron chi connectivity index (χ0n) is 11.4. The van der Waals surface area contributed by atoms with Gasteiger partial charge < -0.3 is 9.84 Å². The highest BCUT2D eigenvalue weighted by molar-refractivity contribution is 9.10. The Bertz CT molecular complexity index is 534. The van der Waals surface area contributed by atoms with Crippen molar-refractivity contribution in [3.05, 3.63) is 28.2 Å². The summed E-state index contributed by atoms with van der Waals surface area (Å²) in [5.74, 6) is 0.0154. The Balaban J connectivity index is 1.82. The first-order chi connectivity index (χ1) is 9.60. The van der Waals surface area contributed by atoms with Gasteiger partial charge >= 0.3 is 5.97 Å². The summed E-state index contributed by atoms with van der Waals surface area (Å²) in [5.41, 5.74) is 1.12. The Morgan fingerprint density at radius 3 is 2.95 bits per heavy atom. The van der Waals surface area contributed by atoms with Gasteiger partial charge in [-0.3, -0.25) is 9.69 Å². The molecule has 0 aromatic heterocycles. The number of methoxy groups -OCH3 is 1. The molecule has 4 nitrogen and oxygen atoms in total. The first-order valence-corrected chi connectivity index (χ1v) is 7.70. The fourth-order valence-electron chi connectivity index (χ4n) is 3.68. The van der Waals surface area contributed by atoms with Crippen LogP contribution in [-0.4, -0.2) is 35.2 Å². The van der Waals surface area contributed by atoms with Gasteiger partial charge in [0.2, 0.25) is 0 Å². The van der Waals surface area contributed by atoms with Gasteiger partial charge in [0.15, 0.2) is 0 Å². The molecule has 2 heterocycles. The molecule has 3 atom stereocenters. The van der Waals surface area contributed by atoms with Gasteiger partial charge in [0.05, 0.1) is 13.0 Å². The van der Waals surface area contributed by atoms with Crippen molar-refractivity contribution in [2.45, 2.75) is 37.9 Å². The van der Waals surface area contributed by atoms with Crippen molar-refractivity contribution in [3.8, 4) is 5.75 Å². The monoisotopic (exact) mass is 339 g/mol. The molecule has 0 saturated carbocycles. The average Bonchev–Trinajstić information content (AvgIpc) is 2.96. The fraction of sp³-hybridized carbons (Fsp3) is 0.533. The lowest BCUT2D eigenvalue weighted by Crippen LogP contribution is -2.32. The summed E-state index contributed by atoms with van der Waals surface area (Å²) in [6.45, 7) is 0.766. The molecule has 2 bridgehead atoms. The second kappa shape index (κ2) is 5.37. The number of fused-ring (bicyclic) bond motifs is 2. The summed E-state index contributed by atoms with van der Waals surface area (Å²) in [5, 5.41) is 9.31. The normalized spacial score (nSPS) is 28.8. The zero-order valence-corrected chi connectivity index (χ0v) is 13.0. The summed E-state index contributed by atoms with van der Waals surface area (Å²) in [7, 11) is 1.67. The van der Waals surface area contributed by atoms with E-state index >= 15 is 0 Å². The second-order valence-corrected chi connectivity index (χ2v) is 6.52. The van der Waals surface area contributed by atoms with Crippen molar-refractivity contribution in [2.24, 2.45) is 5.92 Å². The van der Waals surface area contributed by atoms with E-state index in [1.165, 1.54) is 0 Å². The molecular formula is C15H18BrNO3. The number of carboxylic acids is 1. The van der Waals surface area contributed by atoms with Crippen molar-refractivity contribution in [2.75, 3.05) is 7.11 Å². The van der Waals surface area contributed by atoms with E-state index < -0.39 is 5.97 Å². The molecule has 0 radical (unpaired) electrons. The van der Waals surface area contributed by atoms with Crippen LogP contribution >= 0.6 is 15.9 Å². The van der Waals surface area contributed by atoms with Crippen molar-refractivity contribution >= 4 is 21.9 Å². The number of halogens is 1. The molecule has 1 N–H and O–H groups in total. The molecular weight excluding hydrogens is 322 g/mol. The van der Waals surface area contributed by atoms with Gasteiger partial charge in [-0.15, -0.1) is 0 Å². The molecule has 0 spiro atoms. The molecule has 5 heteroatoms. The lowest BCUT2D eigenvalue weighted by Gasteiger charge is -2.23. The zero-order chi connectivity index (χ0) is 14.3. The molecule has 1 aromatic rings. The summed E-state index contributed by atoms with van der Waals surface area (Å²) >= 11 is 3.49. The number of hydrogen-bond donors (Lipinski definition) is 1. The van der Waals surface area contributed by atoms with E-state index in [1.807, 2.05) is 12.1 Å². The highest BCUT2D eigenvalue weighted by Crippen LogP contribution is 2.43. The quantitative estimate of drug-likeness (QED) is 0.916. The topological polar surface area (TPSA) is 49.8 Å². The van der Waals surface area contributed by atoms with Crippen LogP contribution in [0, 0.1) is 5.92 Å². The summed E-state index contributed by atoms with van der Waals surface area (Å²) in [4.78, 5) is 13.7. The van der Waals surface area contributed by atoms with Crippen LogP contribution in [0.2, 0.25) is 0 Å². The minimum atomic E-state index is -0.650. The third kappa shape index (κ3) is 2.33. The average molecular weight is 340 g/mol. The highest BCUT2D eigenvalue weighted by atomic mass is 79.9. The van der Waals surface area contributed by atoms with Crippen LogP contribution in [-0.2, 0) is 11.3 Å². The van der Waals surface area contributed by atoms with E-state index in [2.05, 4.69) is 26.9 Å². The second-order valence-electron chi connectivity index (χ2n) is 5.61. The molecule has 2 aliphatic heterocycles. The summed E-state index contributed by atoms with van der Waals surface area (Å²) in [6, 6.07) is 6.56. The Kier molecular flexibility index (Phi) is 3.73. The number of rotatable bonds is 4. The van der Waals surface area contributed by atoms with E-state index in [-0.39, 0.29) is 12.0 Å². The molecule has 2 saturated heterocycles. The number of benzene rings is 1. The molecule has 2 aliphatic rings. The van der Waals surface area contributed by atoms with Crippen LogP contribution in [0.15, 0.2) is 22.7 Å². The molecule has 1 aromatic carbocycles. The van der Waals surface area contributed by atoms with E-state index in [9.17, 15) is 9.90 Å². The number of aliphatic carboxylic acids is 1. The number of hydrogen-bond acceptors (Lipinski definition) is 3. The summed E-state index contributed by atoms with van der Waals surface area (Å²) in [6.07, 6.45) is 2.90. The van der Waals surface area contributed by atoms with Gasteiger partial charge in [-0.2, -0.15) is 0 Å². The van der Waals surface area contributed by atoms with Crippen LogP contribution in [0.1, 0.15) is 24.8 Å². The van der Waals surface area contributed by atoms with Crippen LogP contribution in [0.25, 0.3) is 0 Å². The maximum absolute atomic E-state index is 11.3. The lowest BCUT2D eigenvalue weighted by atomic mass is 9.89. The Hall–Kier alpha value is -1.07. The van der Waals surface area contributed by atoms with Gasteiger partial charge in [0.25, 0.3) is 0 Å². The third-order valence-corrected chi connectivity index (χ3v) is 5.09. The Labute approximate surface area is 126 Å². The molecule has 0 aliphatic carbocycles. The van der Waals surface area contributed by atoms with Crippen molar-refractivity contribution in [1.29, 1.82) is 0 Å². The predicted octanol–water partition coefficient (Wildman–Crippen LogP) is 2.90. The minimum Gasteiger partial charge on any atom is -0.496 e. The van der Waals surface area contributed by atoms with Gasteiger partial charge in [-0.25, -0.2) is 0 Å². The predicted molar refractivity (Wildman–Crippen MR) is 78.8 cm³/mol. The van der Waals surface area contributed by atoms with Crippen LogP contribution in [0.4, 0.5) is 0 Å². The maximum Gasteiger partial charge on any atom is 0.308 e. The van der Waals surface area contributed by atoms with Crippen LogP contribution < -0.4 is 4.74 Å². The maximum atomic E-state index is 11.3. The minimum absolute atomic E-state index is 0.182. The first kappa shape index (κ1) is 13.9. The SMILES string of the molecule is COc1ccc(Br)cc1CN1C2CCC1C(C(=O)O)C2. The Morgan fingerprint density at radius 1 is 1.50 bits per heavy atom. The van der Waals surface area contributed by atoms with Crippen molar-refractivity contribution < 1.29 is 14.6 Å². The van der Waals surface area contributed by atoms with Gasteiger partial charge in [-0.1, -0.05) is 15.9 Å². The van der Waals surface area contributed by atoms with Gasteiger partial charge in [0, 0.05) is 28.7 Å². The molecule has 20 heavy (non-hydrogen) atoms. The van der Waals surface area contributed by atoms with Crippen LogP contribution in [0.3, 0.4) is 0 Å². The first-order valence-electron chi connectivity index (χ1n) is 6.91. The molecule has 3 unspecified atom stereocenters. The Morgan fingerprint density at radius 2 is 2.30 bits per heavy atom. The largest absolute Gasteiger partial charge is 0.496 e. The number of carboxylic acid groups (broad SMARTS) is 1. The molecule has 2 fully saturated rings. The summed E-state index contributed by atoms with van der Waals surface area (Å²) < 4.78 is 6.43. The van der Waals surface area contributed by atoms with E-state index in [1.54, 1.807) is 7.11 Å². The smallest absolute Gasteiger partial charge is 0.308 e. The fourth-order valence-corrected chi connectivity index (χ4v) is 4.09. The van der Waals surface area contributed by atoms with E-state index in [4.69, 9.17) is 4.74 Å². The third-order valence-electron chi connectivity index (χ3n) is 4.59. The number of nitrogens with zero attached hydrogens (tertiary/aromatic N) is 1. The van der Waals surface area contributed by atoms with E-state index in [0.717, 1.165) is 41.6 Å². The molecule has 0 amide bonds. The van der Waals surface area contributed by atoms with Gasteiger partial charge in [-0.05, 0) is 37.5 Å². The van der Waals surface area contributed by atoms with Crippen molar-refractivity contribution in [3.63, 3.8) is 0 Å². The van der Waals surface area contributed by atoms with Crippen molar-refractivity contribution in [1.82, 2.24) is 4.90 Å². The highest BCUT2D eigenvalue weighted by Gasteiger charge is 2.49. The van der Waals surface area contributed by atoms with E-state index in [0.29, 0.717) is 6.04 Å². The number of carbonyl (C=O) groups is 1.